The smallest absolute Gasteiger partial charge is 0.237 e. The van der Waals surface area contributed by atoms with Crippen molar-refractivity contribution >= 4 is 5.91 Å². The standard InChI is InChI=1S/C14H31N3O2/c1-5-12(6-2)13(15)14(18)16-8-9-17(7-3)10-11-19-4/h12-13H,5-11,15H2,1-4H3,(H,16,18)/t13-/m0/s1. The topological polar surface area (TPSA) is 67.6 Å². The van der Waals surface area contributed by atoms with Crippen molar-refractivity contribution in [2.75, 3.05) is 39.9 Å². The molecule has 0 fully saturated rings. The van der Waals surface area contributed by atoms with Gasteiger partial charge in [-0.15, -0.1) is 0 Å². The van der Waals surface area contributed by atoms with Crippen LogP contribution in [0, 0.1) is 5.92 Å². The van der Waals surface area contributed by atoms with Crippen LogP contribution in [0.3, 0.4) is 0 Å². The minimum Gasteiger partial charge on any atom is -0.383 e. The molecule has 0 aliphatic rings. The Morgan fingerprint density at radius 2 is 1.89 bits per heavy atom. The summed E-state index contributed by atoms with van der Waals surface area (Å²) in [6, 6.07) is -0.385. The van der Waals surface area contributed by atoms with Gasteiger partial charge < -0.3 is 15.8 Å². The maximum Gasteiger partial charge on any atom is 0.237 e. The first kappa shape index (κ1) is 18.4. The van der Waals surface area contributed by atoms with E-state index in [-0.39, 0.29) is 17.9 Å². The molecule has 5 heteroatoms. The lowest BCUT2D eigenvalue weighted by atomic mass is 9.94. The van der Waals surface area contributed by atoms with E-state index in [9.17, 15) is 4.79 Å². The summed E-state index contributed by atoms with van der Waals surface area (Å²) in [6.07, 6.45) is 1.89. The van der Waals surface area contributed by atoms with Crippen molar-refractivity contribution in [1.82, 2.24) is 10.2 Å². The van der Waals surface area contributed by atoms with E-state index >= 15 is 0 Å². The zero-order valence-electron chi connectivity index (χ0n) is 12.9. The molecule has 114 valence electrons. The van der Waals surface area contributed by atoms with Gasteiger partial charge in [-0.2, -0.15) is 0 Å². The maximum atomic E-state index is 11.9. The Morgan fingerprint density at radius 1 is 1.26 bits per heavy atom. The van der Waals surface area contributed by atoms with Gasteiger partial charge in [-0.1, -0.05) is 33.6 Å². The third-order valence-corrected chi connectivity index (χ3v) is 3.65. The van der Waals surface area contributed by atoms with Gasteiger partial charge in [0, 0.05) is 26.7 Å². The van der Waals surface area contributed by atoms with Gasteiger partial charge in [-0.25, -0.2) is 0 Å². The maximum absolute atomic E-state index is 11.9. The molecule has 0 spiro atoms. The van der Waals surface area contributed by atoms with Gasteiger partial charge in [0.2, 0.25) is 5.91 Å². The van der Waals surface area contributed by atoms with Gasteiger partial charge in [0.05, 0.1) is 12.6 Å². The highest BCUT2D eigenvalue weighted by Crippen LogP contribution is 2.11. The van der Waals surface area contributed by atoms with Crippen molar-refractivity contribution in [3.8, 4) is 0 Å². The van der Waals surface area contributed by atoms with E-state index in [0.29, 0.717) is 6.54 Å². The highest BCUT2D eigenvalue weighted by atomic mass is 16.5. The van der Waals surface area contributed by atoms with Crippen LogP contribution in [-0.2, 0) is 9.53 Å². The molecule has 0 heterocycles. The van der Waals surface area contributed by atoms with E-state index in [1.807, 2.05) is 0 Å². The van der Waals surface area contributed by atoms with E-state index in [0.717, 1.165) is 39.1 Å². The summed E-state index contributed by atoms with van der Waals surface area (Å²) in [5.41, 5.74) is 5.97. The molecule has 0 saturated carbocycles. The fourth-order valence-corrected chi connectivity index (χ4v) is 2.11. The number of ether oxygens (including phenoxy) is 1. The molecule has 0 aromatic heterocycles. The number of methoxy groups -OCH3 is 1. The van der Waals surface area contributed by atoms with E-state index in [1.165, 1.54) is 0 Å². The summed E-state index contributed by atoms with van der Waals surface area (Å²) >= 11 is 0. The second kappa shape index (κ2) is 11.2. The molecular formula is C14H31N3O2. The molecule has 0 aliphatic heterocycles. The van der Waals surface area contributed by atoms with Crippen molar-refractivity contribution in [3.63, 3.8) is 0 Å². The molecular weight excluding hydrogens is 242 g/mol. The second-order valence-electron chi connectivity index (χ2n) is 4.82. The third-order valence-electron chi connectivity index (χ3n) is 3.65. The highest BCUT2D eigenvalue weighted by Gasteiger charge is 2.21. The second-order valence-corrected chi connectivity index (χ2v) is 4.82. The first-order chi connectivity index (χ1) is 9.10. The Morgan fingerprint density at radius 3 is 2.37 bits per heavy atom. The predicted molar refractivity (Wildman–Crippen MR) is 79.0 cm³/mol. The number of carbonyl (C=O) groups excluding carboxylic acids is 1. The fraction of sp³-hybridized carbons (Fsp3) is 0.929. The molecule has 1 amide bonds. The summed E-state index contributed by atoms with van der Waals surface area (Å²) in [7, 11) is 1.70. The zero-order valence-corrected chi connectivity index (χ0v) is 12.9. The molecule has 0 bridgehead atoms. The molecule has 3 N–H and O–H groups in total. The van der Waals surface area contributed by atoms with E-state index in [1.54, 1.807) is 7.11 Å². The molecule has 0 aliphatic carbocycles. The van der Waals surface area contributed by atoms with E-state index < -0.39 is 0 Å². The van der Waals surface area contributed by atoms with Crippen LogP contribution in [0.2, 0.25) is 0 Å². The van der Waals surface area contributed by atoms with E-state index in [4.69, 9.17) is 10.5 Å². The van der Waals surface area contributed by atoms with Crippen molar-refractivity contribution in [2.45, 2.75) is 39.7 Å². The van der Waals surface area contributed by atoms with E-state index in [2.05, 4.69) is 31.0 Å². The quantitative estimate of drug-likeness (QED) is 0.585. The predicted octanol–water partition coefficient (Wildman–Crippen LogP) is 0.834. The monoisotopic (exact) mass is 273 g/mol. The summed E-state index contributed by atoms with van der Waals surface area (Å²) in [6.45, 7) is 10.3. The number of hydrogen-bond donors (Lipinski definition) is 2. The Hall–Kier alpha value is -0.650. The van der Waals surface area contributed by atoms with Crippen LogP contribution in [0.25, 0.3) is 0 Å². The third kappa shape index (κ3) is 7.50. The molecule has 0 aromatic carbocycles. The first-order valence-electron chi connectivity index (χ1n) is 7.35. The molecule has 5 nitrogen and oxygen atoms in total. The number of amides is 1. The number of nitrogens with zero attached hydrogens (tertiary/aromatic N) is 1. The lowest BCUT2D eigenvalue weighted by Gasteiger charge is -2.23. The Labute approximate surface area is 117 Å². The molecule has 0 unspecified atom stereocenters. The van der Waals surface area contributed by atoms with Crippen LogP contribution in [0.4, 0.5) is 0 Å². The Balaban J connectivity index is 3.94. The molecule has 0 saturated heterocycles. The van der Waals surface area contributed by atoms with Crippen LogP contribution in [0.5, 0.6) is 0 Å². The molecule has 0 aromatic rings. The van der Waals surface area contributed by atoms with Crippen LogP contribution in [0.1, 0.15) is 33.6 Å². The number of nitrogens with one attached hydrogen (secondary N) is 1. The molecule has 0 radical (unpaired) electrons. The number of hydrogen-bond acceptors (Lipinski definition) is 4. The number of nitrogens with two attached hydrogens (primary N) is 1. The van der Waals surface area contributed by atoms with Crippen molar-refractivity contribution < 1.29 is 9.53 Å². The lowest BCUT2D eigenvalue weighted by Crippen LogP contribution is -2.47. The van der Waals surface area contributed by atoms with Gasteiger partial charge in [-0.3, -0.25) is 9.69 Å². The number of carbonyl (C=O) groups is 1. The van der Waals surface area contributed by atoms with Gasteiger partial charge >= 0.3 is 0 Å². The molecule has 0 rings (SSSR count). The Bertz CT molecular complexity index is 233. The average Bonchev–Trinajstić information content (AvgIpc) is 2.43. The lowest BCUT2D eigenvalue weighted by molar-refractivity contribution is -0.123. The van der Waals surface area contributed by atoms with Crippen LogP contribution < -0.4 is 11.1 Å². The summed E-state index contributed by atoms with van der Waals surface area (Å²) in [5, 5.41) is 2.93. The SMILES string of the molecule is CCC(CC)[C@H](N)C(=O)NCCN(CC)CCOC. The highest BCUT2D eigenvalue weighted by molar-refractivity contribution is 5.81. The van der Waals surface area contributed by atoms with Crippen molar-refractivity contribution in [1.29, 1.82) is 0 Å². The Kier molecular flexibility index (Phi) is 10.8. The largest absolute Gasteiger partial charge is 0.383 e. The summed E-state index contributed by atoms with van der Waals surface area (Å²) < 4.78 is 5.05. The first-order valence-corrected chi connectivity index (χ1v) is 7.35. The van der Waals surface area contributed by atoms with Gasteiger partial charge in [-0.05, 0) is 12.5 Å². The zero-order chi connectivity index (χ0) is 14.7. The van der Waals surface area contributed by atoms with Gasteiger partial charge in [0.25, 0.3) is 0 Å². The van der Waals surface area contributed by atoms with Crippen molar-refractivity contribution in [3.05, 3.63) is 0 Å². The van der Waals surface area contributed by atoms with Gasteiger partial charge in [0.15, 0.2) is 0 Å². The molecule has 19 heavy (non-hydrogen) atoms. The minimum atomic E-state index is -0.385. The molecule has 1 atom stereocenters. The van der Waals surface area contributed by atoms with Crippen LogP contribution in [0.15, 0.2) is 0 Å². The fourth-order valence-electron chi connectivity index (χ4n) is 2.11. The normalized spacial score (nSPS) is 13.0. The minimum absolute atomic E-state index is 0.0310. The summed E-state index contributed by atoms with van der Waals surface area (Å²) in [5.74, 6) is 0.243. The number of rotatable bonds is 11. The average molecular weight is 273 g/mol. The van der Waals surface area contributed by atoms with Gasteiger partial charge in [0.1, 0.15) is 0 Å². The summed E-state index contributed by atoms with van der Waals surface area (Å²) in [4.78, 5) is 14.1. The number of likely N-dealkylation sites (N-methyl/N-ethyl adjacent to an activating group) is 1. The van der Waals surface area contributed by atoms with Crippen LogP contribution in [-0.4, -0.2) is 56.7 Å². The van der Waals surface area contributed by atoms with Crippen LogP contribution >= 0.6 is 0 Å². The van der Waals surface area contributed by atoms with Crippen molar-refractivity contribution in [2.24, 2.45) is 11.7 Å².